The molecule has 1 saturated heterocycles. The molecular weight excluding hydrogens is 525 g/mol. The Morgan fingerprint density at radius 3 is 2.30 bits per heavy atom. The number of carbonyl (C=O) groups is 2. The van der Waals surface area contributed by atoms with Crippen LogP contribution in [0.15, 0.2) is 97.1 Å². The van der Waals surface area contributed by atoms with Crippen LogP contribution in [-0.2, 0) is 13.0 Å². The number of carbonyl (C=O) groups excluding carboxylic acids is 2. The first-order valence-corrected chi connectivity index (χ1v) is 13.8. The molecule has 0 aromatic heterocycles. The average Bonchev–Trinajstić information content (AvgIpc) is 2.98. The van der Waals surface area contributed by atoms with Gasteiger partial charge in [-0.05, 0) is 84.8 Å². The lowest BCUT2D eigenvalue weighted by Gasteiger charge is -2.35. The summed E-state index contributed by atoms with van der Waals surface area (Å²) in [5.74, 6) is -0.305. The van der Waals surface area contributed by atoms with Crippen molar-refractivity contribution in [1.82, 2.24) is 5.32 Å². The lowest BCUT2D eigenvalue weighted by Crippen LogP contribution is -2.36. The summed E-state index contributed by atoms with van der Waals surface area (Å²) in [7, 11) is 0. The van der Waals surface area contributed by atoms with Crippen LogP contribution in [0, 0.1) is 11.7 Å². The Hall–Kier alpha value is -4.16. The highest BCUT2D eigenvalue weighted by Gasteiger charge is 2.24. The van der Waals surface area contributed by atoms with Gasteiger partial charge >= 0.3 is 0 Å². The van der Waals surface area contributed by atoms with E-state index in [0.29, 0.717) is 27.8 Å². The Morgan fingerprint density at radius 1 is 0.825 bits per heavy atom. The van der Waals surface area contributed by atoms with Crippen LogP contribution < -0.4 is 15.5 Å². The van der Waals surface area contributed by atoms with E-state index in [2.05, 4.69) is 39.8 Å². The lowest BCUT2D eigenvalue weighted by molar-refractivity contribution is 0.0950. The summed E-state index contributed by atoms with van der Waals surface area (Å²) < 4.78 is 13.3. The molecule has 1 heterocycles. The number of anilines is 2. The second-order valence-corrected chi connectivity index (χ2v) is 10.6. The number of amides is 2. The summed E-state index contributed by atoms with van der Waals surface area (Å²) in [5.41, 5.74) is 4.40. The Kier molecular flexibility index (Phi) is 8.77. The van der Waals surface area contributed by atoms with Crippen molar-refractivity contribution in [2.75, 3.05) is 23.3 Å². The van der Waals surface area contributed by atoms with Gasteiger partial charge < -0.3 is 15.5 Å². The minimum atomic E-state index is -0.323. The van der Waals surface area contributed by atoms with Crippen molar-refractivity contribution >= 4 is 34.8 Å². The van der Waals surface area contributed by atoms with Crippen LogP contribution in [-0.4, -0.2) is 24.9 Å². The van der Waals surface area contributed by atoms with E-state index in [9.17, 15) is 14.0 Å². The third-order valence-corrected chi connectivity index (χ3v) is 7.51. The van der Waals surface area contributed by atoms with E-state index in [1.165, 1.54) is 17.7 Å². The molecule has 2 amide bonds. The zero-order chi connectivity index (χ0) is 27.9. The number of hydrogen-bond acceptors (Lipinski definition) is 3. The largest absolute Gasteiger partial charge is 0.371 e. The molecule has 1 aliphatic heterocycles. The van der Waals surface area contributed by atoms with Gasteiger partial charge in [0.2, 0.25) is 0 Å². The van der Waals surface area contributed by atoms with E-state index in [1.54, 1.807) is 42.5 Å². The molecule has 0 aliphatic carbocycles. The molecule has 0 spiro atoms. The van der Waals surface area contributed by atoms with Gasteiger partial charge in [-0.15, -0.1) is 0 Å². The van der Waals surface area contributed by atoms with Crippen molar-refractivity contribution in [2.45, 2.75) is 25.8 Å². The molecule has 1 fully saturated rings. The van der Waals surface area contributed by atoms with Crippen molar-refractivity contribution in [1.29, 1.82) is 0 Å². The maximum atomic E-state index is 13.5. The fraction of sp³-hybridized carbons (Fsp3) is 0.212. The van der Waals surface area contributed by atoms with Gasteiger partial charge in [-0.2, -0.15) is 0 Å². The van der Waals surface area contributed by atoms with Crippen LogP contribution in [0.2, 0.25) is 5.02 Å². The van der Waals surface area contributed by atoms with E-state index < -0.39 is 0 Å². The van der Waals surface area contributed by atoms with Gasteiger partial charge in [-0.25, -0.2) is 4.39 Å². The first-order chi connectivity index (χ1) is 19.4. The van der Waals surface area contributed by atoms with Crippen LogP contribution in [0.25, 0.3) is 0 Å². The molecule has 7 heteroatoms. The van der Waals surface area contributed by atoms with Crippen molar-refractivity contribution in [3.05, 3.63) is 130 Å². The zero-order valence-electron chi connectivity index (χ0n) is 22.1. The van der Waals surface area contributed by atoms with Crippen LogP contribution in [0.3, 0.4) is 0 Å². The van der Waals surface area contributed by atoms with Gasteiger partial charge in [-0.3, -0.25) is 9.59 Å². The maximum absolute atomic E-state index is 13.5. The van der Waals surface area contributed by atoms with Gasteiger partial charge in [0.25, 0.3) is 11.8 Å². The Bertz CT molecular complexity index is 1470. The van der Waals surface area contributed by atoms with E-state index in [-0.39, 0.29) is 24.2 Å². The molecule has 0 unspecified atom stereocenters. The van der Waals surface area contributed by atoms with Gasteiger partial charge in [0.15, 0.2) is 0 Å². The molecule has 1 aliphatic rings. The molecule has 4 aromatic rings. The molecule has 0 atom stereocenters. The van der Waals surface area contributed by atoms with Gasteiger partial charge in [0, 0.05) is 41.6 Å². The number of nitrogens with one attached hydrogen (secondary N) is 2. The Labute approximate surface area is 239 Å². The van der Waals surface area contributed by atoms with E-state index in [1.807, 2.05) is 18.2 Å². The minimum absolute atomic E-state index is 0.260. The van der Waals surface area contributed by atoms with Crippen molar-refractivity contribution in [3.63, 3.8) is 0 Å². The molecule has 5 nitrogen and oxygen atoms in total. The number of rotatable bonds is 8. The van der Waals surface area contributed by atoms with Crippen molar-refractivity contribution in [2.24, 2.45) is 5.92 Å². The minimum Gasteiger partial charge on any atom is -0.371 e. The predicted octanol–water partition coefficient (Wildman–Crippen LogP) is 7.12. The van der Waals surface area contributed by atoms with Gasteiger partial charge in [0.1, 0.15) is 5.82 Å². The second kappa shape index (κ2) is 12.8. The summed E-state index contributed by atoms with van der Waals surface area (Å²) in [6.45, 7) is 1.94. The fourth-order valence-corrected chi connectivity index (χ4v) is 5.30. The normalized spacial score (nSPS) is 13.6. The van der Waals surface area contributed by atoms with Crippen LogP contribution in [0.4, 0.5) is 15.8 Å². The average molecular weight is 556 g/mol. The smallest absolute Gasteiger partial charge is 0.255 e. The summed E-state index contributed by atoms with van der Waals surface area (Å²) in [6, 6.07) is 28.7. The standard InChI is InChI=1S/C33H31ClFN3O2/c34-27-8-4-7-26(20-27)32(39)37-29-13-14-31(30(21-29)33(40)36-22-25-9-11-28(35)12-10-25)38-17-15-24(16-18-38)19-23-5-2-1-3-6-23/h1-14,20-21,24H,15-19,22H2,(H,36,40)(H,37,39). The van der Waals surface area contributed by atoms with Crippen molar-refractivity contribution < 1.29 is 14.0 Å². The summed E-state index contributed by atoms with van der Waals surface area (Å²) in [5, 5.41) is 6.32. The monoisotopic (exact) mass is 555 g/mol. The third-order valence-electron chi connectivity index (χ3n) is 7.27. The molecule has 0 radical (unpaired) electrons. The number of halogens is 2. The van der Waals surface area contributed by atoms with E-state index in [4.69, 9.17) is 11.6 Å². The molecule has 0 saturated carbocycles. The predicted molar refractivity (Wildman–Crippen MR) is 159 cm³/mol. The molecule has 204 valence electrons. The topological polar surface area (TPSA) is 61.4 Å². The molecule has 0 bridgehead atoms. The summed E-state index contributed by atoms with van der Waals surface area (Å²) >= 11 is 6.06. The van der Waals surface area contributed by atoms with Crippen LogP contribution in [0.1, 0.15) is 44.7 Å². The molecule has 4 aromatic carbocycles. The summed E-state index contributed by atoms with van der Waals surface area (Å²) in [4.78, 5) is 28.6. The quantitative estimate of drug-likeness (QED) is 0.243. The first-order valence-electron chi connectivity index (χ1n) is 13.5. The van der Waals surface area contributed by atoms with Crippen LogP contribution in [0.5, 0.6) is 0 Å². The maximum Gasteiger partial charge on any atom is 0.255 e. The highest BCUT2D eigenvalue weighted by Crippen LogP contribution is 2.30. The number of nitrogens with zero attached hydrogens (tertiary/aromatic N) is 1. The highest BCUT2D eigenvalue weighted by atomic mass is 35.5. The zero-order valence-corrected chi connectivity index (χ0v) is 22.8. The number of piperidine rings is 1. The highest BCUT2D eigenvalue weighted by molar-refractivity contribution is 6.31. The molecular formula is C33H31ClFN3O2. The molecule has 2 N–H and O–H groups in total. The Morgan fingerprint density at radius 2 is 1.57 bits per heavy atom. The van der Waals surface area contributed by atoms with Gasteiger partial charge in [0.05, 0.1) is 5.56 Å². The SMILES string of the molecule is O=C(Nc1ccc(N2CCC(Cc3ccccc3)CC2)c(C(=O)NCc2ccc(F)cc2)c1)c1cccc(Cl)c1. The molecule has 5 rings (SSSR count). The fourth-order valence-electron chi connectivity index (χ4n) is 5.11. The molecule has 40 heavy (non-hydrogen) atoms. The second-order valence-electron chi connectivity index (χ2n) is 10.1. The van der Waals surface area contributed by atoms with E-state index >= 15 is 0 Å². The van der Waals surface area contributed by atoms with Gasteiger partial charge in [-0.1, -0.05) is 60.1 Å². The van der Waals surface area contributed by atoms with Crippen LogP contribution >= 0.6 is 11.6 Å². The Balaban J connectivity index is 1.33. The lowest BCUT2D eigenvalue weighted by atomic mass is 9.89. The third kappa shape index (κ3) is 7.07. The number of benzene rings is 4. The first kappa shape index (κ1) is 27.4. The number of hydrogen-bond donors (Lipinski definition) is 2. The van der Waals surface area contributed by atoms with Crippen molar-refractivity contribution in [3.8, 4) is 0 Å². The summed E-state index contributed by atoms with van der Waals surface area (Å²) in [6.07, 6.45) is 3.10. The van der Waals surface area contributed by atoms with E-state index in [0.717, 1.165) is 43.6 Å².